The molecule has 17 heavy (non-hydrogen) atoms. The van der Waals surface area contributed by atoms with Crippen molar-refractivity contribution >= 4 is 34.9 Å². The van der Waals surface area contributed by atoms with Crippen LogP contribution in [0.1, 0.15) is 11.3 Å². The van der Waals surface area contributed by atoms with Gasteiger partial charge in [-0.05, 0) is 42.6 Å². The van der Waals surface area contributed by atoms with Gasteiger partial charge < -0.3 is 5.73 Å². The number of thioether (sulfide) groups is 1. The highest BCUT2D eigenvalue weighted by Crippen LogP contribution is 2.32. The fourth-order valence-electron chi connectivity index (χ4n) is 1.29. The summed E-state index contributed by atoms with van der Waals surface area (Å²) >= 11 is 4.71. The summed E-state index contributed by atoms with van der Waals surface area (Å²) in [6, 6.07) is 4.00. The number of pyridine rings is 1. The van der Waals surface area contributed by atoms with Crippen molar-refractivity contribution in [1.29, 1.82) is 0 Å². The summed E-state index contributed by atoms with van der Waals surface area (Å²) in [7, 11) is 0. The van der Waals surface area contributed by atoms with Gasteiger partial charge in [0.2, 0.25) is 0 Å². The molecule has 0 atom stereocenters. The Bertz CT molecular complexity index is 512. The normalized spacial score (nSPS) is 10.8. The van der Waals surface area contributed by atoms with Gasteiger partial charge in [-0.1, -0.05) is 23.1 Å². The average Bonchev–Trinajstić information content (AvgIpc) is 2.76. The number of aryl methyl sites for hydroxylation is 1. The molecule has 0 aliphatic rings. The Hall–Kier alpha value is -0.630. The molecule has 0 saturated carbocycles. The number of aromatic nitrogens is 3. The zero-order valence-electron chi connectivity index (χ0n) is 9.51. The minimum Gasteiger partial charge on any atom is -0.326 e. The van der Waals surface area contributed by atoms with Crippen LogP contribution in [-0.4, -0.2) is 21.4 Å². The lowest BCUT2D eigenvalue weighted by atomic mass is 10.2. The number of hydrogen-bond acceptors (Lipinski definition) is 7. The van der Waals surface area contributed by atoms with Crippen LogP contribution in [0.3, 0.4) is 0 Å². The Morgan fingerprint density at radius 3 is 2.71 bits per heavy atom. The van der Waals surface area contributed by atoms with E-state index in [2.05, 4.69) is 15.2 Å². The van der Waals surface area contributed by atoms with Crippen molar-refractivity contribution < 1.29 is 0 Å². The van der Waals surface area contributed by atoms with Gasteiger partial charge in [0.1, 0.15) is 5.03 Å². The first-order valence-electron chi connectivity index (χ1n) is 4.94. The lowest BCUT2D eigenvalue weighted by molar-refractivity contribution is 0.948. The summed E-state index contributed by atoms with van der Waals surface area (Å²) < 4.78 is 1.88. The molecule has 0 radical (unpaired) electrons. The van der Waals surface area contributed by atoms with E-state index in [1.807, 2.05) is 25.3 Å². The van der Waals surface area contributed by atoms with E-state index in [1.165, 1.54) is 11.8 Å². The van der Waals surface area contributed by atoms with Crippen LogP contribution in [0.25, 0.3) is 0 Å². The molecule has 2 aromatic rings. The van der Waals surface area contributed by atoms with Gasteiger partial charge in [0.25, 0.3) is 0 Å². The van der Waals surface area contributed by atoms with Crippen LogP contribution >= 0.6 is 34.9 Å². The summed E-state index contributed by atoms with van der Waals surface area (Å²) in [6.07, 6.45) is 1.99. The molecule has 0 saturated heterocycles. The van der Waals surface area contributed by atoms with Crippen LogP contribution in [0.5, 0.6) is 0 Å². The minimum absolute atomic E-state index is 0.531. The number of hydrogen-bond donors (Lipinski definition) is 1. The summed E-state index contributed by atoms with van der Waals surface area (Å²) in [5.41, 5.74) is 7.71. The van der Waals surface area contributed by atoms with Crippen molar-refractivity contribution in [3.63, 3.8) is 0 Å². The Morgan fingerprint density at radius 2 is 2.06 bits per heavy atom. The molecule has 0 bridgehead atoms. The second-order valence-corrected chi connectivity index (χ2v) is 6.60. The molecular weight excluding hydrogens is 272 g/mol. The van der Waals surface area contributed by atoms with Crippen molar-refractivity contribution in [2.24, 2.45) is 5.73 Å². The van der Waals surface area contributed by atoms with Crippen LogP contribution < -0.4 is 5.73 Å². The van der Waals surface area contributed by atoms with Crippen LogP contribution in [0.4, 0.5) is 0 Å². The molecule has 0 unspecified atom stereocenters. The second-order valence-electron chi connectivity index (χ2n) is 3.30. The van der Waals surface area contributed by atoms with Crippen LogP contribution in [0, 0.1) is 6.92 Å². The molecule has 4 nitrogen and oxygen atoms in total. The maximum atomic E-state index is 5.64. The van der Waals surface area contributed by atoms with Crippen LogP contribution in [-0.2, 0) is 6.54 Å². The molecule has 0 fully saturated rings. The summed E-state index contributed by atoms with van der Waals surface area (Å²) in [5.74, 6) is 0. The summed E-state index contributed by atoms with van der Waals surface area (Å²) in [5, 5.41) is 9.09. The van der Waals surface area contributed by atoms with E-state index in [0.29, 0.717) is 6.54 Å². The number of nitrogens with zero attached hydrogens (tertiary/aromatic N) is 3. The van der Waals surface area contributed by atoms with Gasteiger partial charge in [-0.2, -0.15) is 0 Å². The first-order valence-corrected chi connectivity index (χ1v) is 7.80. The zero-order chi connectivity index (χ0) is 12.3. The topological polar surface area (TPSA) is 64.7 Å². The molecule has 90 valence electrons. The summed E-state index contributed by atoms with van der Waals surface area (Å²) in [6.45, 7) is 2.50. The molecule has 7 heteroatoms. The van der Waals surface area contributed by atoms with E-state index in [1.54, 1.807) is 23.1 Å². The lowest BCUT2D eigenvalue weighted by Crippen LogP contribution is -1.98. The van der Waals surface area contributed by atoms with Gasteiger partial charge in [0, 0.05) is 12.2 Å². The van der Waals surface area contributed by atoms with E-state index in [4.69, 9.17) is 5.73 Å². The second kappa shape index (κ2) is 5.81. The number of rotatable bonds is 4. The van der Waals surface area contributed by atoms with Crippen molar-refractivity contribution in [2.45, 2.75) is 27.2 Å². The molecule has 0 aliphatic heterocycles. The highest BCUT2D eigenvalue weighted by molar-refractivity contribution is 8.02. The highest BCUT2D eigenvalue weighted by atomic mass is 32.2. The van der Waals surface area contributed by atoms with Gasteiger partial charge in [-0.25, -0.2) is 4.98 Å². The van der Waals surface area contributed by atoms with Crippen LogP contribution in [0.15, 0.2) is 25.8 Å². The third kappa shape index (κ3) is 3.41. The molecular formula is C10H12N4S3. The monoisotopic (exact) mass is 284 g/mol. The maximum absolute atomic E-state index is 5.64. The van der Waals surface area contributed by atoms with Crippen molar-refractivity contribution in [1.82, 2.24) is 15.2 Å². The maximum Gasteiger partial charge on any atom is 0.181 e. The van der Waals surface area contributed by atoms with Crippen molar-refractivity contribution in [3.05, 3.63) is 23.4 Å². The molecule has 0 amide bonds. The Labute approximate surface area is 112 Å². The molecule has 0 aliphatic carbocycles. The largest absolute Gasteiger partial charge is 0.326 e. The van der Waals surface area contributed by atoms with Gasteiger partial charge >= 0.3 is 0 Å². The zero-order valence-corrected chi connectivity index (χ0v) is 12.0. The lowest BCUT2D eigenvalue weighted by Gasteiger charge is -2.02. The molecule has 0 aromatic carbocycles. The molecule has 2 N–H and O–H groups in total. The molecule has 2 aromatic heterocycles. The van der Waals surface area contributed by atoms with E-state index in [9.17, 15) is 0 Å². The van der Waals surface area contributed by atoms with Gasteiger partial charge in [-0.3, -0.25) is 0 Å². The minimum atomic E-state index is 0.531. The van der Waals surface area contributed by atoms with Crippen LogP contribution in [0.2, 0.25) is 0 Å². The molecule has 2 heterocycles. The standard InChI is InChI=1S/C10H12N4S3/c1-6-3-7(5-11)4-8(12-6)16-10-14-13-9(15-2)17-10/h3-4H,5,11H2,1-2H3. The molecule has 2 rings (SSSR count). The van der Waals surface area contributed by atoms with Crippen molar-refractivity contribution in [3.8, 4) is 0 Å². The van der Waals surface area contributed by atoms with Crippen molar-refractivity contribution in [2.75, 3.05) is 6.26 Å². The first kappa shape index (κ1) is 12.8. The first-order chi connectivity index (χ1) is 8.21. The average molecular weight is 284 g/mol. The fraction of sp³-hybridized carbons (Fsp3) is 0.300. The Kier molecular flexibility index (Phi) is 4.38. The smallest absolute Gasteiger partial charge is 0.181 e. The van der Waals surface area contributed by atoms with Gasteiger partial charge in [-0.15, -0.1) is 10.2 Å². The quantitative estimate of drug-likeness (QED) is 0.871. The fourth-order valence-corrected chi connectivity index (χ4v) is 3.77. The summed E-state index contributed by atoms with van der Waals surface area (Å²) in [4.78, 5) is 4.45. The number of nitrogens with two attached hydrogens (primary N) is 1. The third-order valence-electron chi connectivity index (χ3n) is 1.98. The van der Waals surface area contributed by atoms with E-state index >= 15 is 0 Å². The van der Waals surface area contributed by atoms with E-state index in [0.717, 1.165) is 25.0 Å². The predicted molar refractivity (Wildman–Crippen MR) is 72.7 cm³/mol. The SMILES string of the molecule is CSc1nnc(Sc2cc(CN)cc(C)n2)s1. The Morgan fingerprint density at radius 1 is 1.29 bits per heavy atom. The third-order valence-corrected chi connectivity index (χ3v) is 4.85. The Balaban J connectivity index is 2.20. The van der Waals surface area contributed by atoms with Gasteiger partial charge in [0.05, 0.1) is 0 Å². The molecule has 0 spiro atoms. The van der Waals surface area contributed by atoms with E-state index < -0.39 is 0 Å². The van der Waals surface area contributed by atoms with E-state index in [-0.39, 0.29) is 0 Å². The predicted octanol–water partition coefficient (Wildman–Crippen LogP) is 2.57. The highest BCUT2D eigenvalue weighted by Gasteiger charge is 2.07. The van der Waals surface area contributed by atoms with Gasteiger partial charge in [0.15, 0.2) is 8.68 Å².